The largest absolute Gasteiger partial charge is 0.381 e. The molecule has 0 aliphatic rings. The summed E-state index contributed by atoms with van der Waals surface area (Å²) in [5.41, 5.74) is 2.63. The van der Waals surface area contributed by atoms with Crippen molar-refractivity contribution in [2.24, 2.45) is 0 Å². The van der Waals surface area contributed by atoms with E-state index < -0.39 is 0 Å². The Bertz CT molecular complexity index is 1750. The van der Waals surface area contributed by atoms with E-state index in [0.29, 0.717) is 64.9 Å². The molecule has 0 saturated heterocycles. The standard InChI is InChI=1S/C67H122N4O7S8/c1-7-13-33-68(32-12-6)64(72)28-53-80-48-19-18-47-79-49-20-37-69(34-14-8-2)65(73)29-54-81-52-23-40-76-43-57-83-50-21-38-70(35-15-9-3)67(75)31-56-86-61-63-26-24-62(25-27-63)60-85-51-22-39-71(36-16-10-4)66(74)30-55-84-59-45-78-42-41-77-44-58-82-46-17-11-5/h12,24-27H,6-11,13-23,28-61H2,1-5H3/i5D. The van der Waals surface area contributed by atoms with Crippen molar-refractivity contribution in [1.82, 2.24) is 19.6 Å². The van der Waals surface area contributed by atoms with Crippen LogP contribution in [0.3, 0.4) is 0 Å². The maximum Gasteiger partial charge on any atom is 0.223 e. The molecule has 1 aromatic carbocycles. The lowest BCUT2D eigenvalue weighted by molar-refractivity contribution is -0.131. The van der Waals surface area contributed by atoms with Gasteiger partial charge >= 0.3 is 0 Å². The van der Waals surface area contributed by atoms with Crippen LogP contribution in [0.15, 0.2) is 36.9 Å². The van der Waals surface area contributed by atoms with Crippen molar-refractivity contribution in [2.45, 2.75) is 175 Å². The van der Waals surface area contributed by atoms with E-state index in [-0.39, 0.29) is 17.7 Å². The number of carbonyl (C=O) groups is 4. The Kier molecular flexibility index (Phi) is 61.3. The minimum Gasteiger partial charge on any atom is -0.381 e. The number of hydrogen-bond donors (Lipinski definition) is 0. The molecule has 0 aromatic heterocycles. The van der Waals surface area contributed by atoms with Crippen LogP contribution in [0.2, 0.25) is 0 Å². The molecular formula is C67H122N4O7S8. The molecule has 0 N–H and O–H groups in total. The molecule has 0 atom stereocenters. The van der Waals surface area contributed by atoms with E-state index in [1.54, 1.807) is 11.8 Å². The molecule has 500 valence electrons. The summed E-state index contributed by atoms with van der Waals surface area (Å²) in [4.78, 5) is 60.3. The second kappa shape index (κ2) is 64.6. The van der Waals surface area contributed by atoms with Gasteiger partial charge in [0.2, 0.25) is 23.6 Å². The van der Waals surface area contributed by atoms with E-state index >= 15 is 0 Å². The van der Waals surface area contributed by atoms with E-state index in [4.69, 9.17) is 15.6 Å². The first-order valence-corrected chi connectivity index (χ1v) is 42.4. The van der Waals surface area contributed by atoms with Crippen molar-refractivity contribution < 1.29 is 34.8 Å². The second-order valence-corrected chi connectivity index (χ2v) is 31.0. The fourth-order valence-corrected chi connectivity index (χ4v) is 15.6. The highest BCUT2D eigenvalue weighted by atomic mass is 32.2. The Labute approximate surface area is 562 Å². The maximum absolute atomic E-state index is 13.3. The number of amides is 4. The number of carbonyl (C=O) groups excluding carboxylic acids is 4. The highest BCUT2D eigenvalue weighted by molar-refractivity contribution is 8.00. The zero-order chi connectivity index (χ0) is 63.1. The SMILES string of the molecule is [2H]CCCCSCCOCCOCCSCCC(=O)N(CCCC)CCCSCc1ccc(CSCCC(=O)N(CCCC)CCCSCCOCCCSCCC(=O)N(CCCC)CCCSCCCCSCCC(=O)N(CC=C)CCCC)cc1. The number of unbranched alkanes of at least 4 members (excludes halogenated alkanes) is 6. The average Bonchev–Trinajstić information content (AvgIpc) is 3.54. The Balaban J connectivity index is 2.14. The number of rotatable bonds is 66. The first kappa shape index (κ1) is 81.6. The highest BCUT2D eigenvalue weighted by Gasteiger charge is 2.16. The summed E-state index contributed by atoms with van der Waals surface area (Å²) in [6, 6.07) is 8.97. The molecule has 0 bridgehead atoms. The van der Waals surface area contributed by atoms with Gasteiger partial charge in [0.25, 0.3) is 0 Å². The monoisotopic (exact) mass is 1350 g/mol. The molecule has 0 aliphatic carbocycles. The summed E-state index contributed by atoms with van der Waals surface area (Å²) in [6.45, 7) is 23.8. The summed E-state index contributed by atoms with van der Waals surface area (Å²) in [5, 5.41) is 0. The van der Waals surface area contributed by atoms with Crippen LogP contribution in [0, 0.1) is 0 Å². The second-order valence-electron chi connectivity index (χ2n) is 21.4. The first-order chi connectivity index (χ1) is 42.7. The van der Waals surface area contributed by atoms with Crippen molar-refractivity contribution in [3.8, 4) is 0 Å². The number of benzene rings is 1. The van der Waals surface area contributed by atoms with Gasteiger partial charge in [0.05, 0.1) is 33.0 Å². The predicted molar refractivity (Wildman–Crippen MR) is 392 cm³/mol. The number of ether oxygens (including phenoxy) is 3. The fraction of sp³-hybridized carbons (Fsp3) is 0.821. The molecule has 0 saturated carbocycles. The van der Waals surface area contributed by atoms with Crippen LogP contribution in [-0.2, 0) is 44.9 Å². The zero-order valence-corrected chi connectivity index (χ0v) is 61.1. The van der Waals surface area contributed by atoms with Crippen LogP contribution < -0.4 is 0 Å². The lowest BCUT2D eigenvalue weighted by Gasteiger charge is -2.22. The normalized spacial score (nSPS) is 11.5. The molecule has 0 fully saturated rings. The lowest BCUT2D eigenvalue weighted by atomic mass is 10.2. The molecule has 0 unspecified atom stereocenters. The molecule has 86 heavy (non-hydrogen) atoms. The maximum atomic E-state index is 13.3. The molecule has 1 rings (SSSR count). The van der Waals surface area contributed by atoms with Gasteiger partial charge in [-0.25, -0.2) is 0 Å². The molecular weight excluding hydrogens is 1230 g/mol. The summed E-state index contributed by atoms with van der Waals surface area (Å²) in [7, 11) is 0. The van der Waals surface area contributed by atoms with Gasteiger partial charge in [-0.3, -0.25) is 19.2 Å². The lowest BCUT2D eigenvalue weighted by Crippen LogP contribution is -2.33. The van der Waals surface area contributed by atoms with Crippen molar-refractivity contribution >= 4 is 118 Å². The fourth-order valence-electron chi connectivity index (χ4n) is 8.67. The predicted octanol–water partition coefficient (Wildman–Crippen LogP) is 16.0. The molecule has 0 heterocycles. The van der Waals surface area contributed by atoms with Gasteiger partial charge in [-0.2, -0.15) is 94.1 Å². The van der Waals surface area contributed by atoms with Crippen LogP contribution in [0.25, 0.3) is 0 Å². The summed E-state index contributed by atoms with van der Waals surface area (Å²) in [6.07, 6.45) is 21.4. The third-order valence-electron chi connectivity index (χ3n) is 13.9. The Hall–Kier alpha value is -0.480. The molecule has 4 amide bonds. The van der Waals surface area contributed by atoms with Crippen LogP contribution in [-0.4, -0.2) is 216 Å². The highest BCUT2D eigenvalue weighted by Crippen LogP contribution is 2.20. The minimum absolute atomic E-state index is 0.254. The molecule has 11 nitrogen and oxygen atoms in total. The molecule has 0 aliphatic heterocycles. The van der Waals surface area contributed by atoms with Crippen molar-refractivity contribution in [3.05, 3.63) is 48.0 Å². The number of nitrogens with zero attached hydrogens (tertiary/aromatic N) is 4. The van der Waals surface area contributed by atoms with Crippen LogP contribution in [0.5, 0.6) is 0 Å². The van der Waals surface area contributed by atoms with E-state index in [1.165, 1.54) is 24.0 Å². The molecule has 0 radical (unpaired) electrons. The van der Waals surface area contributed by atoms with Gasteiger partial charge in [-0.15, -0.1) is 6.58 Å². The summed E-state index contributed by atoms with van der Waals surface area (Å²) >= 11 is 15.2. The molecule has 0 spiro atoms. The average molecular weight is 1350 g/mol. The van der Waals surface area contributed by atoms with Crippen molar-refractivity contribution in [3.63, 3.8) is 0 Å². The third kappa shape index (κ3) is 51.1. The van der Waals surface area contributed by atoms with Gasteiger partial charge < -0.3 is 33.8 Å². The zero-order valence-electron chi connectivity index (χ0n) is 55.6. The van der Waals surface area contributed by atoms with Gasteiger partial charge in [-0.05, 0) is 122 Å². The quantitative estimate of drug-likeness (QED) is 0.0456. The van der Waals surface area contributed by atoms with Gasteiger partial charge in [-0.1, -0.05) is 97.0 Å². The van der Waals surface area contributed by atoms with Crippen molar-refractivity contribution in [1.29, 1.82) is 0 Å². The van der Waals surface area contributed by atoms with Gasteiger partial charge in [0.1, 0.15) is 0 Å². The van der Waals surface area contributed by atoms with Crippen molar-refractivity contribution in [2.75, 3.05) is 173 Å². The first-order valence-electron chi connectivity index (χ1n) is 33.9. The summed E-state index contributed by atoms with van der Waals surface area (Å²) in [5.74, 6) is 16.9. The third-order valence-corrected chi connectivity index (χ3v) is 22.3. The van der Waals surface area contributed by atoms with Crippen LogP contribution >= 0.6 is 94.1 Å². The Morgan fingerprint density at radius 3 is 1.12 bits per heavy atom. The van der Waals surface area contributed by atoms with Gasteiger partial charge in [0, 0.05) is 138 Å². The van der Waals surface area contributed by atoms with E-state index in [9.17, 15) is 19.2 Å². The van der Waals surface area contributed by atoms with Crippen LogP contribution in [0.4, 0.5) is 0 Å². The smallest absolute Gasteiger partial charge is 0.223 e. The van der Waals surface area contributed by atoms with E-state index in [2.05, 4.69) is 73.2 Å². The van der Waals surface area contributed by atoms with Gasteiger partial charge in [0.15, 0.2) is 0 Å². The summed E-state index contributed by atoms with van der Waals surface area (Å²) < 4.78 is 24.5. The Morgan fingerprint density at radius 2 is 0.686 bits per heavy atom. The van der Waals surface area contributed by atoms with E-state index in [1.807, 2.05) is 93.3 Å². The molecule has 1 aromatic rings. The number of hydrogen-bond acceptors (Lipinski definition) is 15. The van der Waals surface area contributed by atoms with E-state index in [0.717, 1.165) is 248 Å². The minimum atomic E-state index is 0.254. The Morgan fingerprint density at radius 1 is 0.372 bits per heavy atom. The molecule has 19 heteroatoms. The topological polar surface area (TPSA) is 109 Å². The number of thioether (sulfide) groups is 8. The van der Waals surface area contributed by atoms with Crippen LogP contribution in [0.1, 0.15) is 176 Å².